The van der Waals surface area contributed by atoms with Crippen molar-refractivity contribution in [2.45, 2.75) is 19.6 Å². The van der Waals surface area contributed by atoms with Crippen LogP contribution in [0, 0.1) is 6.92 Å². The van der Waals surface area contributed by atoms with E-state index in [0.29, 0.717) is 0 Å². The minimum absolute atomic E-state index is 0.137. The van der Waals surface area contributed by atoms with Gasteiger partial charge in [-0.1, -0.05) is 0 Å². The fourth-order valence-corrected chi connectivity index (χ4v) is 1.09. The van der Waals surface area contributed by atoms with Crippen molar-refractivity contribution >= 4 is 5.91 Å². The molecule has 0 unspecified atom stereocenters. The summed E-state index contributed by atoms with van der Waals surface area (Å²) in [6.45, 7) is 1.29. The normalized spacial score (nSPS) is 11.6. The van der Waals surface area contributed by atoms with Gasteiger partial charge in [-0.2, -0.15) is 13.2 Å². The van der Waals surface area contributed by atoms with Crippen LogP contribution in [-0.2, 0) is 17.5 Å². The zero-order chi connectivity index (χ0) is 12.5. The van der Waals surface area contributed by atoms with Crippen LogP contribution in [0.4, 0.5) is 13.2 Å². The zero-order valence-corrected chi connectivity index (χ0v) is 9.17. The molecule has 0 aliphatic heterocycles. The van der Waals surface area contributed by atoms with E-state index in [4.69, 9.17) is 0 Å². The van der Waals surface area contributed by atoms with Gasteiger partial charge in [-0.25, -0.2) is 4.98 Å². The number of hydrogen-bond acceptors (Lipinski definition) is 2. The lowest BCUT2D eigenvalue weighted by Gasteiger charge is -2.11. The summed E-state index contributed by atoms with van der Waals surface area (Å²) in [5.74, 6) is -0.114. The number of halogens is 3. The Morgan fingerprint density at radius 3 is 2.44 bits per heavy atom. The third kappa shape index (κ3) is 2.74. The molecule has 0 aliphatic carbocycles. The van der Waals surface area contributed by atoms with Gasteiger partial charge in [0.25, 0.3) is 0 Å². The van der Waals surface area contributed by atoms with Gasteiger partial charge in [-0.15, -0.1) is 0 Å². The first-order valence-corrected chi connectivity index (χ1v) is 4.53. The minimum Gasteiger partial charge on any atom is -0.347 e. The van der Waals surface area contributed by atoms with Gasteiger partial charge in [-0.05, 0) is 6.92 Å². The maximum absolute atomic E-state index is 12.3. The highest BCUT2D eigenvalue weighted by Gasteiger charge is 2.34. The van der Waals surface area contributed by atoms with Gasteiger partial charge in [0, 0.05) is 20.3 Å². The Morgan fingerprint density at radius 1 is 1.50 bits per heavy atom. The topological polar surface area (TPSA) is 38.1 Å². The zero-order valence-electron chi connectivity index (χ0n) is 9.17. The van der Waals surface area contributed by atoms with E-state index in [1.54, 1.807) is 14.1 Å². The molecule has 0 saturated heterocycles. The number of amides is 1. The Morgan fingerprint density at radius 2 is 2.06 bits per heavy atom. The average molecular weight is 235 g/mol. The molecule has 0 spiro atoms. The average Bonchev–Trinajstić information content (AvgIpc) is 2.47. The minimum atomic E-state index is -4.48. The van der Waals surface area contributed by atoms with Gasteiger partial charge >= 0.3 is 6.18 Å². The van der Waals surface area contributed by atoms with Crippen molar-refractivity contribution in [1.82, 2.24) is 14.5 Å². The number of nitrogens with zero attached hydrogens (tertiary/aromatic N) is 3. The van der Waals surface area contributed by atoms with Gasteiger partial charge in [0.15, 0.2) is 5.69 Å². The molecule has 1 aromatic rings. The summed E-state index contributed by atoms with van der Waals surface area (Å²) in [5.41, 5.74) is -0.975. The van der Waals surface area contributed by atoms with Gasteiger partial charge in [0.2, 0.25) is 5.91 Å². The van der Waals surface area contributed by atoms with E-state index in [2.05, 4.69) is 4.98 Å². The Kier molecular flexibility index (Phi) is 3.25. The first kappa shape index (κ1) is 12.5. The smallest absolute Gasteiger partial charge is 0.347 e. The third-order valence-corrected chi connectivity index (χ3v) is 2.07. The van der Waals surface area contributed by atoms with Crippen molar-refractivity contribution in [3.05, 3.63) is 17.7 Å². The molecule has 0 fully saturated rings. The maximum Gasteiger partial charge on any atom is 0.434 e. The van der Waals surface area contributed by atoms with E-state index in [0.717, 1.165) is 6.20 Å². The molecule has 0 atom stereocenters. The molecule has 4 nitrogen and oxygen atoms in total. The number of alkyl halides is 3. The summed E-state index contributed by atoms with van der Waals surface area (Å²) >= 11 is 0. The Balaban J connectivity index is 2.91. The molecule has 1 heterocycles. The van der Waals surface area contributed by atoms with E-state index in [1.165, 1.54) is 16.4 Å². The number of likely N-dealkylation sites (N-methyl/N-ethyl adjacent to an activating group) is 1. The van der Waals surface area contributed by atoms with E-state index in [9.17, 15) is 18.0 Å². The number of aryl methyl sites for hydroxylation is 1. The number of imidazole rings is 1. The Hall–Kier alpha value is -1.53. The molecule has 0 bridgehead atoms. The molecular weight excluding hydrogens is 223 g/mol. The van der Waals surface area contributed by atoms with Crippen molar-refractivity contribution in [3.63, 3.8) is 0 Å². The molecule has 0 radical (unpaired) electrons. The second-order valence-electron chi connectivity index (χ2n) is 3.59. The SMILES string of the molecule is Cc1nc(C(F)(F)F)cn1CC(=O)N(C)C. The summed E-state index contributed by atoms with van der Waals surface area (Å²) in [6, 6.07) is 0. The monoisotopic (exact) mass is 235 g/mol. The highest BCUT2D eigenvalue weighted by Crippen LogP contribution is 2.28. The molecule has 90 valence electrons. The molecule has 0 saturated carbocycles. The molecule has 0 N–H and O–H groups in total. The summed E-state index contributed by atoms with van der Waals surface area (Å²) in [4.78, 5) is 16.0. The second kappa shape index (κ2) is 4.15. The lowest BCUT2D eigenvalue weighted by Crippen LogP contribution is -2.26. The van der Waals surface area contributed by atoms with Gasteiger partial charge in [0.1, 0.15) is 12.4 Å². The Labute approximate surface area is 90.7 Å². The molecular formula is C9H12F3N3O. The first-order chi connectivity index (χ1) is 7.21. The van der Waals surface area contributed by atoms with Crippen LogP contribution in [0.1, 0.15) is 11.5 Å². The number of hydrogen-bond donors (Lipinski definition) is 0. The summed E-state index contributed by atoms with van der Waals surface area (Å²) in [6.07, 6.45) is -3.63. The molecule has 0 aromatic carbocycles. The van der Waals surface area contributed by atoms with E-state index >= 15 is 0 Å². The second-order valence-corrected chi connectivity index (χ2v) is 3.59. The number of rotatable bonds is 2. The number of carbonyl (C=O) groups excluding carboxylic acids is 1. The molecule has 1 aromatic heterocycles. The van der Waals surface area contributed by atoms with E-state index in [-0.39, 0.29) is 18.3 Å². The molecule has 16 heavy (non-hydrogen) atoms. The quantitative estimate of drug-likeness (QED) is 0.774. The third-order valence-electron chi connectivity index (χ3n) is 2.07. The summed E-state index contributed by atoms with van der Waals surface area (Å²) in [7, 11) is 3.08. The fourth-order valence-electron chi connectivity index (χ4n) is 1.09. The standard InChI is InChI=1S/C9H12F3N3O/c1-6-13-7(9(10,11)12)4-15(6)5-8(16)14(2)3/h4H,5H2,1-3H3. The van der Waals surface area contributed by atoms with Crippen LogP contribution >= 0.6 is 0 Å². The van der Waals surface area contributed by atoms with Crippen molar-refractivity contribution in [3.8, 4) is 0 Å². The van der Waals surface area contributed by atoms with Crippen LogP contribution < -0.4 is 0 Å². The van der Waals surface area contributed by atoms with Gasteiger partial charge in [0.05, 0.1) is 0 Å². The predicted molar refractivity (Wildman–Crippen MR) is 50.7 cm³/mol. The van der Waals surface area contributed by atoms with Crippen LogP contribution in [0.3, 0.4) is 0 Å². The first-order valence-electron chi connectivity index (χ1n) is 4.53. The van der Waals surface area contributed by atoms with Crippen molar-refractivity contribution < 1.29 is 18.0 Å². The molecule has 1 amide bonds. The summed E-state index contributed by atoms with van der Waals surface area (Å²) < 4.78 is 38.1. The van der Waals surface area contributed by atoms with Crippen LogP contribution in [0.25, 0.3) is 0 Å². The van der Waals surface area contributed by atoms with E-state index < -0.39 is 11.9 Å². The fraction of sp³-hybridized carbons (Fsp3) is 0.556. The van der Waals surface area contributed by atoms with Crippen LogP contribution in [-0.4, -0.2) is 34.5 Å². The molecule has 7 heteroatoms. The van der Waals surface area contributed by atoms with Crippen LogP contribution in [0.15, 0.2) is 6.20 Å². The highest BCUT2D eigenvalue weighted by atomic mass is 19.4. The van der Waals surface area contributed by atoms with Crippen LogP contribution in [0.2, 0.25) is 0 Å². The molecule has 1 rings (SSSR count). The van der Waals surface area contributed by atoms with Gasteiger partial charge in [-0.3, -0.25) is 4.79 Å². The lowest BCUT2D eigenvalue weighted by molar-refractivity contribution is -0.141. The van der Waals surface area contributed by atoms with E-state index in [1.807, 2.05) is 0 Å². The van der Waals surface area contributed by atoms with Crippen LogP contribution in [0.5, 0.6) is 0 Å². The predicted octanol–water partition coefficient (Wildman–Crippen LogP) is 1.30. The van der Waals surface area contributed by atoms with Gasteiger partial charge < -0.3 is 9.47 Å². The molecule has 0 aliphatic rings. The highest BCUT2D eigenvalue weighted by molar-refractivity contribution is 5.75. The number of aromatic nitrogens is 2. The van der Waals surface area contributed by atoms with Crippen molar-refractivity contribution in [2.24, 2.45) is 0 Å². The lowest BCUT2D eigenvalue weighted by atomic mass is 10.4. The summed E-state index contributed by atoms with van der Waals surface area (Å²) in [5, 5.41) is 0. The Bertz CT molecular complexity index is 395. The maximum atomic E-state index is 12.3. The van der Waals surface area contributed by atoms with Crippen molar-refractivity contribution in [1.29, 1.82) is 0 Å². The van der Waals surface area contributed by atoms with Crippen molar-refractivity contribution in [2.75, 3.05) is 14.1 Å². The largest absolute Gasteiger partial charge is 0.434 e. The number of carbonyl (C=O) groups is 1.